The van der Waals surface area contributed by atoms with Gasteiger partial charge >= 0.3 is 6.36 Å². The van der Waals surface area contributed by atoms with Crippen LogP contribution in [0.25, 0.3) is 0 Å². The topological polar surface area (TPSA) is 21.6 Å². The molecule has 0 radical (unpaired) electrons. The first kappa shape index (κ1) is 9.57. The zero-order chi connectivity index (χ0) is 9.90. The van der Waals surface area contributed by atoms with Crippen LogP contribution in [0.3, 0.4) is 0 Å². The van der Waals surface area contributed by atoms with E-state index < -0.39 is 6.36 Å². The number of benzene rings is 1. The van der Waals surface area contributed by atoms with E-state index in [0.717, 1.165) is 0 Å². The van der Waals surface area contributed by atoms with Crippen molar-refractivity contribution in [2.45, 2.75) is 6.36 Å². The largest absolute Gasteiger partial charge is 0.573 e. The molecule has 70 valence electrons. The molecule has 2 nitrogen and oxygen atoms in total. The van der Waals surface area contributed by atoms with Gasteiger partial charge in [-0.05, 0) is 31.0 Å². The van der Waals surface area contributed by atoms with Gasteiger partial charge in [0.2, 0.25) is 0 Å². The van der Waals surface area contributed by atoms with Gasteiger partial charge in [0.15, 0.2) is 0 Å². The van der Waals surface area contributed by atoms with Gasteiger partial charge in [-0.15, -0.1) is 13.2 Å². The van der Waals surface area contributed by atoms with Crippen molar-refractivity contribution in [3.05, 3.63) is 24.3 Å². The van der Waals surface area contributed by atoms with Gasteiger partial charge < -0.3 is 4.74 Å². The molecule has 0 aliphatic rings. The molecule has 1 rings (SSSR count). The van der Waals surface area contributed by atoms with E-state index in [0.29, 0.717) is 5.69 Å². The fraction of sp³-hybridized carbons (Fsp3) is 0.125. The summed E-state index contributed by atoms with van der Waals surface area (Å²) >= 11 is 0. The summed E-state index contributed by atoms with van der Waals surface area (Å²) in [4.78, 5) is 3.52. The van der Waals surface area contributed by atoms with Gasteiger partial charge in [0.05, 0.1) is 5.69 Å². The van der Waals surface area contributed by atoms with E-state index in [4.69, 9.17) is 0 Å². The Morgan fingerprint density at radius 1 is 1.15 bits per heavy atom. The number of rotatable bonds is 2. The van der Waals surface area contributed by atoms with Gasteiger partial charge in [0.25, 0.3) is 0 Å². The van der Waals surface area contributed by atoms with Gasteiger partial charge in [-0.3, -0.25) is 4.99 Å². The van der Waals surface area contributed by atoms with E-state index in [2.05, 4.69) is 16.4 Å². The summed E-state index contributed by atoms with van der Waals surface area (Å²) in [6.45, 7) is 3.22. The van der Waals surface area contributed by atoms with Gasteiger partial charge in [-0.1, -0.05) is 0 Å². The molecule has 0 saturated carbocycles. The fourth-order valence-corrected chi connectivity index (χ4v) is 0.753. The first-order valence-electron chi connectivity index (χ1n) is 3.34. The Kier molecular flexibility index (Phi) is 2.55. The molecule has 0 saturated heterocycles. The maximum absolute atomic E-state index is 11.7. The molecule has 0 bridgehead atoms. The Labute approximate surface area is 72.7 Å². The predicted octanol–water partition coefficient (Wildman–Crippen LogP) is 2.92. The molecule has 0 unspecified atom stereocenters. The van der Waals surface area contributed by atoms with E-state index in [9.17, 15) is 13.2 Å². The lowest BCUT2D eigenvalue weighted by molar-refractivity contribution is -0.274. The number of aliphatic imine (C=N–C) groups is 1. The maximum atomic E-state index is 11.7. The molecule has 0 heterocycles. The maximum Gasteiger partial charge on any atom is 0.573 e. The Bertz CT molecular complexity index is 291. The second-order valence-electron chi connectivity index (χ2n) is 2.20. The van der Waals surface area contributed by atoms with Crippen LogP contribution >= 0.6 is 0 Å². The van der Waals surface area contributed by atoms with Crippen LogP contribution in [-0.4, -0.2) is 13.1 Å². The fourth-order valence-electron chi connectivity index (χ4n) is 0.753. The second kappa shape index (κ2) is 3.47. The zero-order valence-electron chi connectivity index (χ0n) is 6.51. The van der Waals surface area contributed by atoms with Crippen molar-refractivity contribution in [1.29, 1.82) is 0 Å². The summed E-state index contributed by atoms with van der Waals surface area (Å²) in [5.41, 5.74) is 0.495. The smallest absolute Gasteiger partial charge is 0.406 e. The third-order valence-electron chi connectivity index (χ3n) is 1.25. The summed E-state index contributed by atoms with van der Waals surface area (Å²) < 4.78 is 38.6. The highest BCUT2D eigenvalue weighted by Gasteiger charge is 2.30. The van der Waals surface area contributed by atoms with Gasteiger partial charge in [0.1, 0.15) is 5.75 Å². The molecule has 0 aromatic heterocycles. The minimum absolute atomic E-state index is 0.264. The lowest BCUT2D eigenvalue weighted by Crippen LogP contribution is -2.16. The predicted molar refractivity (Wildman–Crippen MR) is 42.3 cm³/mol. The van der Waals surface area contributed by atoms with E-state index in [1.54, 1.807) is 0 Å². The number of hydrogen-bond donors (Lipinski definition) is 0. The van der Waals surface area contributed by atoms with Crippen molar-refractivity contribution in [3.8, 4) is 5.75 Å². The lowest BCUT2D eigenvalue weighted by atomic mass is 10.3. The molecule has 5 heteroatoms. The third-order valence-corrected chi connectivity index (χ3v) is 1.25. The minimum Gasteiger partial charge on any atom is -0.406 e. The second-order valence-corrected chi connectivity index (χ2v) is 2.20. The molecule has 1 aromatic rings. The van der Waals surface area contributed by atoms with Crippen LogP contribution in [0, 0.1) is 0 Å². The minimum atomic E-state index is -4.65. The Morgan fingerprint density at radius 2 is 1.69 bits per heavy atom. The highest BCUT2D eigenvalue weighted by Crippen LogP contribution is 2.24. The van der Waals surface area contributed by atoms with Crippen molar-refractivity contribution in [1.82, 2.24) is 0 Å². The summed E-state index contributed by atoms with van der Waals surface area (Å²) in [5, 5.41) is 0. The van der Waals surface area contributed by atoms with E-state index in [1.807, 2.05) is 0 Å². The standard InChI is InChI=1S/C8H6F3NO/c1-12-6-2-4-7(5-3-6)13-8(9,10)11/h2-5H,1H2. The molecule has 0 N–H and O–H groups in total. The molecule has 0 aliphatic carbocycles. The molecular formula is C8H6F3NO. The highest BCUT2D eigenvalue weighted by atomic mass is 19.4. The van der Waals surface area contributed by atoms with Crippen LogP contribution in [0.2, 0.25) is 0 Å². The summed E-state index contributed by atoms with van der Waals surface area (Å²) in [6, 6.07) is 5.12. The lowest BCUT2D eigenvalue weighted by Gasteiger charge is -2.07. The summed E-state index contributed by atoms with van der Waals surface area (Å²) in [5.74, 6) is -0.264. The zero-order valence-corrected chi connectivity index (χ0v) is 6.51. The van der Waals surface area contributed by atoms with Crippen molar-refractivity contribution >= 4 is 12.4 Å². The molecule has 0 atom stereocenters. The van der Waals surface area contributed by atoms with Crippen LogP contribution < -0.4 is 4.74 Å². The number of nitrogens with zero attached hydrogens (tertiary/aromatic N) is 1. The first-order chi connectivity index (χ1) is 6.01. The van der Waals surface area contributed by atoms with Gasteiger partial charge in [-0.25, -0.2) is 0 Å². The number of alkyl halides is 3. The molecular weight excluding hydrogens is 183 g/mol. The van der Waals surface area contributed by atoms with Crippen LogP contribution in [0.5, 0.6) is 5.75 Å². The summed E-state index contributed by atoms with van der Waals surface area (Å²) in [6.07, 6.45) is -4.65. The third kappa shape index (κ3) is 3.14. The van der Waals surface area contributed by atoms with Crippen LogP contribution in [-0.2, 0) is 0 Å². The first-order valence-corrected chi connectivity index (χ1v) is 3.34. The molecule has 0 amide bonds. The SMILES string of the molecule is C=Nc1ccc(OC(F)(F)F)cc1. The van der Waals surface area contributed by atoms with Crippen molar-refractivity contribution < 1.29 is 17.9 Å². The van der Waals surface area contributed by atoms with Crippen molar-refractivity contribution in [2.24, 2.45) is 4.99 Å². The van der Waals surface area contributed by atoms with Gasteiger partial charge in [0, 0.05) is 0 Å². The summed E-state index contributed by atoms with van der Waals surface area (Å²) in [7, 11) is 0. The van der Waals surface area contributed by atoms with Crippen molar-refractivity contribution in [3.63, 3.8) is 0 Å². The normalized spacial score (nSPS) is 11.0. The molecule has 0 spiro atoms. The van der Waals surface area contributed by atoms with Crippen LogP contribution in [0.15, 0.2) is 29.3 Å². The number of hydrogen-bond acceptors (Lipinski definition) is 2. The van der Waals surface area contributed by atoms with Crippen LogP contribution in [0.1, 0.15) is 0 Å². The Hall–Kier alpha value is -1.52. The van der Waals surface area contributed by atoms with Crippen LogP contribution in [0.4, 0.5) is 18.9 Å². The average molecular weight is 189 g/mol. The van der Waals surface area contributed by atoms with E-state index in [-0.39, 0.29) is 5.75 Å². The van der Waals surface area contributed by atoms with E-state index >= 15 is 0 Å². The monoisotopic (exact) mass is 189 g/mol. The number of halogens is 3. The Morgan fingerprint density at radius 3 is 2.08 bits per heavy atom. The number of ether oxygens (including phenoxy) is 1. The van der Waals surface area contributed by atoms with Crippen molar-refractivity contribution in [2.75, 3.05) is 0 Å². The Balaban J connectivity index is 2.75. The quantitative estimate of drug-likeness (QED) is 0.655. The molecule has 0 fully saturated rings. The molecule has 13 heavy (non-hydrogen) atoms. The van der Waals surface area contributed by atoms with Gasteiger partial charge in [-0.2, -0.15) is 0 Å². The molecule has 0 aliphatic heterocycles. The van der Waals surface area contributed by atoms with E-state index in [1.165, 1.54) is 24.3 Å². The highest BCUT2D eigenvalue weighted by molar-refractivity contribution is 5.47. The molecule has 1 aromatic carbocycles. The average Bonchev–Trinajstić information content (AvgIpc) is 2.03.